The number of para-hydroxylation sites is 1. The minimum Gasteiger partial charge on any atom is -0.398 e. The van der Waals surface area contributed by atoms with Crippen LogP contribution in [-0.4, -0.2) is 26.0 Å². The maximum atomic E-state index is 12.3. The molecule has 0 radical (unpaired) electrons. The monoisotopic (exact) mass is 300 g/mol. The van der Waals surface area contributed by atoms with Crippen molar-refractivity contribution in [2.75, 3.05) is 12.0 Å². The van der Waals surface area contributed by atoms with Crippen LogP contribution in [0.5, 0.6) is 0 Å². The van der Waals surface area contributed by atoms with Crippen LogP contribution >= 0.6 is 11.8 Å². The molecule has 0 heterocycles. The van der Waals surface area contributed by atoms with E-state index in [0.29, 0.717) is 10.9 Å². The van der Waals surface area contributed by atoms with Crippen molar-refractivity contribution < 1.29 is 8.42 Å². The third-order valence-corrected chi connectivity index (χ3v) is 6.18. The van der Waals surface area contributed by atoms with E-state index in [2.05, 4.69) is 11.0 Å². The number of thioether (sulfide) groups is 1. The second-order valence-corrected chi connectivity index (χ2v) is 7.70. The van der Waals surface area contributed by atoms with Gasteiger partial charge >= 0.3 is 0 Å². The number of hydrogen-bond acceptors (Lipinski definition) is 4. The summed E-state index contributed by atoms with van der Waals surface area (Å²) in [6.07, 6.45) is 6.13. The summed E-state index contributed by atoms with van der Waals surface area (Å²) >= 11 is 1.81. The lowest BCUT2D eigenvalue weighted by molar-refractivity contribution is 0.421. The summed E-state index contributed by atoms with van der Waals surface area (Å²) in [5.41, 5.74) is 6.04. The van der Waals surface area contributed by atoms with E-state index in [9.17, 15) is 8.42 Å². The van der Waals surface area contributed by atoms with E-state index < -0.39 is 10.0 Å². The van der Waals surface area contributed by atoms with Gasteiger partial charge in [-0.2, -0.15) is 11.8 Å². The molecule has 3 N–H and O–H groups in total. The molecule has 2 unspecified atom stereocenters. The van der Waals surface area contributed by atoms with Gasteiger partial charge < -0.3 is 5.73 Å². The molecule has 1 saturated carbocycles. The first-order valence-electron chi connectivity index (χ1n) is 6.42. The van der Waals surface area contributed by atoms with E-state index in [-0.39, 0.29) is 10.9 Å². The zero-order chi connectivity index (χ0) is 13.9. The molecule has 1 aliphatic rings. The van der Waals surface area contributed by atoms with Crippen molar-refractivity contribution in [3.05, 3.63) is 24.3 Å². The number of anilines is 1. The quantitative estimate of drug-likeness (QED) is 0.836. The lowest BCUT2D eigenvalue weighted by atomic mass is 9.96. The average Bonchev–Trinajstić information content (AvgIpc) is 2.38. The van der Waals surface area contributed by atoms with Gasteiger partial charge in [0, 0.05) is 11.3 Å². The fourth-order valence-corrected chi connectivity index (χ4v) is 4.72. The lowest BCUT2D eigenvalue weighted by Gasteiger charge is -2.28. The molecular formula is C13H20N2O2S2. The van der Waals surface area contributed by atoms with Crippen LogP contribution in [0.25, 0.3) is 0 Å². The molecule has 0 saturated heterocycles. The smallest absolute Gasteiger partial charge is 0.242 e. The predicted octanol–water partition coefficient (Wildman–Crippen LogP) is 2.22. The SMILES string of the molecule is CSC1CCCC(NS(=O)(=O)c2ccccc2N)C1. The van der Waals surface area contributed by atoms with Crippen molar-refractivity contribution in [3.63, 3.8) is 0 Å². The molecule has 1 aliphatic carbocycles. The standard InChI is InChI=1S/C13H20N2O2S2/c1-18-11-6-4-5-10(9-11)15-19(16,17)13-8-3-2-7-12(13)14/h2-3,7-8,10-11,15H,4-6,9,14H2,1H3. The van der Waals surface area contributed by atoms with E-state index in [1.807, 2.05) is 11.8 Å². The molecule has 19 heavy (non-hydrogen) atoms. The Morgan fingerprint density at radius 1 is 1.32 bits per heavy atom. The zero-order valence-electron chi connectivity index (χ0n) is 11.0. The summed E-state index contributed by atoms with van der Waals surface area (Å²) in [6, 6.07) is 6.61. The molecule has 4 nitrogen and oxygen atoms in total. The van der Waals surface area contributed by atoms with Crippen LogP contribution in [0.4, 0.5) is 5.69 Å². The van der Waals surface area contributed by atoms with E-state index >= 15 is 0 Å². The topological polar surface area (TPSA) is 72.2 Å². The Hall–Kier alpha value is -0.720. The average molecular weight is 300 g/mol. The van der Waals surface area contributed by atoms with Gasteiger partial charge in [0.2, 0.25) is 10.0 Å². The van der Waals surface area contributed by atoms with Gasteiger partial charge in [0.1, 0.15) is 4.90 Å². The van der Waals surface area contributed by atoms with Crippen LogP contribution in [0, 0.1) is 0 Å². The Kier molecular flexibility index (Phi) is 4.76. The Morgan fingerprint density at radius 2 is 2.05 bits per heavy atom. The molecule has 1 aromatic rings. The molecule has 2 rings (SSSR count). The van der Waals surface area contributed by atoms with E-state index in [1.165, 1.54) is 6.42 Å². The molecule has 1 aromatic carbocycles. The highest BCUT2D eigenvalue weighted by Gasteiger charge is 2.26. The summed E-state index contributed by atoms with van der Waals surface area (Å²) < 4.78 is 27.4. The first-order valence-corrected chi connectivity index (χ1v) is 9.19. The maximum absolute atomic E-state index is 12.3. The van der Waals surface area contributed by atoms with Gasteiger partial charge in [0.25, 0.3) is 0 Å². The molecular weight excluding hydrogens is 280 g/mol. The van der Waals surface area contributed by atoms with Crippen LogP contribution in [-0.2, 0) is 10.0 Å². The van der Waals surface area contributed by atoms with Gasteiger partial charge in [0.05, 0.1) is 5.69 Å². The fraction of sp³-hybridized carbons (Fsp3) is 0.538. The molecule has 0 spiro atoms. The van der Waals surface area contributed by atoms with Crippen molar-refractivity contribution in [1.29, 1.82) is 0 Å². The van der Waals surface area contributed by atoms with Crippen molar-refractivity contribution in [2.45, 2.75) is 41.9 Å². The third kappa shape index (κ3) is 3.64. The number of nitrogens with one attached hydrogen (secondary N) is 1. The fourth-order valence-electron chi connectivity index (χ4n) is 2.47. The van der Waals surface area contributed by atoms with Gasteiger partial charge in [-0.3, -0.25) is 0 Å². The maximum Gasteiger partial charge on any atom is 0.242 e. The third-order valence-electron chi connectivity index (χ3n) is 3.49. The van der Waals surface area contributed by atoms with Crippen molar-refractivity contribution in [2.24, 2.45) is 0 Å². The molecule has 0 aromatic heterocycles. The normalized spacial score (nSPS) is 24.3. The molecule has 0 bridgehead atoms. The second kappa shape index (κ2) is 6.15. The molecule has 2 atom stereocenters. The van der Waals surface area contributed by atoms with Crippen molar-refractivity contribution >= 4 is 27.5 Å². The highest BCUT2D eigenvalue weighted by molar-refractivity contribution is 7.99. The predicted molar refractivity (Wildman–Crippen MR) is 80.7 cm³/mol. The van der Waals surface area contributed by atoms with E-state index in [0.717, 1.165) is 19.3 Å². The number of nitrogens with two attached hydrogens (primary N) is 1. The Balaban J connectivity index is 2.11. The molecule has 106 valence electrons. The molecule has 1 fully saturated rings. The molecule has 0 aliphatic heterocycles. The van der Waals surface area contributed by atoms with Gasteiger partial charge in [-0.1, -0.05) is 18.6 Å². The Morgan fingerprint density at radius 3 is 2.74 bits per heavy atom. The van der Waals surface area contributed by atoms with Crippen molar-refractivity contribution in [1.82, 2.24) is 4.72 Å². The van der Waals surface area contributed by atoms with E-state index in [1.54, 1.807) is 24.3 Å². The highest BCUT2D eigenvalue weighted by atomic mass is 32.2. The summed E-state index contributed by atoms with van der Waals surface area (Å²) in [6.45, 7) is 0. The summed E-state index contributed by atoms with van der Waals surface area (Å²) in [4.78, 5) is 0.182. The van der Waals surface area contributed by atoms with E-state index in [4.69, 9.17) is 5.73 Å². The number of benzene rings is 1. The Bertz CT molecular complexity index is 531. The van der Waals surface area contributed by atoms with Gasteiger partial charge in [0.15, 0.2) is 0 Å². The zero-order valence-corrected chi connectivity index (χ0v) is 12.6. The van der Waals surface area contributed by atoms with Crippen LogP contribution < -0.4 is 10.5 Å². The first-order chi connectivity index (χ1) is 9.03. The first kappa shape index (κ1) is 14.7. The largest absolute Gasteiger partial charge is 0.398 e. The highest BCUT2D eigenvalue weighted by Crippen LogP contribution is 2.28. The number of hydrogen-bond donors (Lipinski definition) is 2. The number of rotatable bonds is 4. The van der Waals surface area contributed by atoms with Gasteiger partial charge in [-0.25, -0.2) is 13.1 Å². The summed E-state index contributed by atoms with van der Waals surface area (Å²) in [5, 5.41) is 0.551. The van der Waals surface area contributed by atoms with Crippen LogP contribution in [0.15, 0.2) is 29.2 Å². The van der Waals surface area contributed by atoms with Crippen LogP contribution in [0.2, 0.25) is 0 Å². The number of sulfonamides is 1. The second-order valence-electron chi connectivity index (χ2n) is 4.88. The van der Waals surface area contributed by atoms with Gasteiger partial charge in [-0.15, -0.1) is 0 Å². The van der Waals surface area contributed by atoms with Crippen LogP contribution in [0.1, 0.15) is 25.7 Å². The lowest BCUT2D eigenvalue weighted by Crippen LogP contribution is -2.39. The summed E-state index contributed by atoms with van der Waals surface area (Å²) in [5.74, 6) is 0. The van der Waals surface area contributed by atoms with Crippen LogP contribution in [0.3, 0.4) is 0 Å². The summed E-state index contributed by atoms with van der Waals surface area (Å²) in [7, 11) is -3.51. The molecule has 6 heteroatoms. The Labute approximate surface area is 119 Å². The molecule has 0 amide bonds. The minimum absolute atomic E-state index is 0.0239. The minimum atomic E-state index is -3.51. The van der Waals surface area contributed by atoms with Crippen molar-refractivity contribution in [3.8, 4) is 0 Å². The van der Waals surface area contributed by atoms with Gasteiger partial charge in [-0.05, 0) is 37.7 Å². The number of nitrogen functional groups attached to an aromatic ring is 1.